The Bertz CT molecular complexity index is 394. The zero-order chi connectivity index (χ0) is 13.7. The van der Waals surface area contributed by atoms with Gasteiger partial charge < -0.3 is 10.2 Å². The number of nitrogens with zero attached hydrogens (tertiary/aromatic N) is 1. The number of carbonyl (C=O) groups excluding carboxylic acids is 1. The number of amides is 1. The molecule has 0 atom stereocenters. The van der Waals surface area contributed by atoms with Gasteiger partial charge in [-0.3, -0.25) is 4.79 Å². The van der Waals surface area contributed by atoms with Crippen molar-refractivity contribution in [3.8, 4) is 0 Å². The summed E-state index contributed by atoms with van der Waals surface area (Å²) in [5.74, 6) is 0.885. The molecule has 1 aromatic rings. The molecule has 1 fully saturated rings. The van der Waals surface area contributed by atoms with Crippen LogP contribution >= 0.6 is 0 Å². The summed E-state index contributed by atoms with van der Waals surface area (Å²) in [6.45, 7) is 6.13. The van der Waals surface area contributed by atoms with Crippen LogP contribution < -0.4 is 5.32 Å². The van der Waals surface area contributed by atoms with Gasteiger partial charge in [-0.1, -0.05) is 30.3 Å². The number of nitrogens with one attached hydrogen (secondary N) is 1. The summed E-state index contributed by atoms with van der Waals surface area (Å²) in [6, 6.07) is 11.1. The molecule has 0 radical (unpaired) electrons. The molecular weight excluding hydrogens is 236 g/mol. The van der Waals surface area contributed by atoms with Crippen molar-refractivity contribution in [2.75, 3.05) is 19.6 Å². The lowest BCUT2D eigenvalue weighted by Crippen LogP contribution is -2.46. The van der Waals surface area contributed by atoms with Crippen molar-refractivity contribution < 1.29 is 4.79 Å². The van der Waals surface area contributed by atoms with E-state index in [1.54, 1.807) is 0 Å². The molecule has 0 unspecified atom stereocenters. The van der Waals surface area contributed by atoms with Gasteiger partial charge in [-0.15, -0.1) is 0 Å². The minimum atomic E-state index is 0.216. The summed E-state index contributed by atoms with van der Waals surface area (Å²) in [6.07, 6.45) is 2.30. The van der Waals surface area contributed by atoms with Gasteiger partial charge in [-0.2, -0.15) is 0 Å². The smallest absolute Gasteiger partial charge is 0.236 e. The van der Waals surface area contributed by atoms with Crippen LogP contribution in [-0.4, -0.2) is 36.5 Å². The fourth-order valence-corrected chi connectivity index (χ4v) is 2.70. The Morgan fingerprint density at radius 2 is 1.84 bits per heavy atom. The molecule has 1 aliphatic rings. The lowest BCUT2D eigenvalue weighted by atomic mass is 9.76. The van der Waals surface area contributed by atoms with Crippen LogP contribution in [0, 0.1) is 0 Å². The van der Waals surface area contributed by atoms with Crippen LogP contribution in [0.15, 0.2) is 30.3 Å². The van der Waals surface area contributed by atoms with Crippen molar-refractivity contribution in [2.45, 2.75) is 38.6 Å². The SMILES string of the molecule is CCN(CC)C(=O)CNC1CC(c2ccccc2)C1. The molecule has 0 spiro atoms. The Labute approximate surface area is 116 Å². The molecule has 0 saturated heterocycles. The summed E-state index contributed by atoms with van der Waals surface area (Å²) in [7, 11) is 0. The standard InChI is InChI=1S/C16H24N2O/c1-3-18(4-2)16(19)12-17-15-10-14(11-15)13-8-6-5-7-9-13/h5-9,14-15,17H,3-4,10-12H2,1-2H3. The molecule has 1 N–H and O–H groups in total. The van der Waals surface area contributed by atoms with Crippen LogP contribution in [0.3, 0.4) is 0 Å². The number of benzene rings is 1. The molecule has 1 amide bonds. The van der Waals surface area contributed by atoms with E-state index in [4.69, 9.17) is 0 Å². The van der Waals surface area contributed by atoms with E-state index in [0.717, 1.165) is 25.9 Å². The molecule has 0 aromatic heterocycles. The number of hydrogen-bond donors (Lipinski definition) is 1. The summed E-state index contributed by atoms with van der Waals surface area (Å²) < 4.78 is 0. The second-order valence-corrected chi connectivity index (χ2v) is 5.22. The van der Waals surface area contributed by atoms with Crippen molar-refractivity contribution in [2.24, 2.45) is 0 Å². The van der Waals surface area contributed by atoms with Crippen LogP contribution in [0.25, 0.3) is 0 Å². The molecule has 1 aliphatic carbocycles. The first-order chi connectivity index (χ1) is 9.24. The van der Waals surface area contributed by atoms with Crippen molar-refractivity contribution in [1.29, 1.82) is 0 Å². The average Bonchev–Trinajstić information content (AvgIpc) is 2.39. The van der Waals surface area contributed by atoms with Gasteiger partial charge in [-0.25, -0.2) is 0 Å². The molecule has 3 heteroatoms. The summed E-state index contributed by atoms with van der Waals surface area (Å²) >= 11 is 0. The zero-order valence-corrected chi connectivity index (χ0v) is 11.9. The average molecular weight is 260 g/mol. The molecule has 3 nitrogen and oxygen atoms in total. The van der Waals surface area contributed by atoms with E-state index in [0.29, 0.717) is 18.5 Å². The van der Waals surface area contributed by atoms with Crippen molar-refractivity contribution in [3.63, 3.8) is 0 Å². The molecule has 0 aliphatic heterocycles. The van der Waals surface area contributed by atoms with Crippen LogP contribution in [0.4, 0.5) is 0 Å². The Hall–Kier alpha value is -1.35. The molecule has 19 heavy (non-hydrogen) atoms. The highest BCUT2D eigenvalue weighted by Crippen LogP contribution is 2.36. The number of rotatable bonds is 6. The second kappa shape index (κ2) is 6.71. The highest BCUT2D eigenvalue weighted by Gasteiger charge is 2.30. The lowest BCUT2D eigenvalue weighted by molar-refractivity contribution is -0.130. The lowest BCUT2D eigenvalue weighted by Gasteiger charge is -2.36. The maximum atomic E-state index is 11.9. The van der Waals surface area contributed by atoms with Crippen LogP contribution in [0.5, 0.6) is 0 Å². The Kier molecular flexibility index (Phi) is 4.97. The van der Waals surface area contributed by atoms with Crippen molar-refractivity contribution in [1.82, 2.24) is 10.2 Å². The minimum Gasteiger partial charge on any atom is -0.342 e. The first-order valence-electron chi connectivity index (χ1n) is 7.30. The molecule has 1 saturated carbocycles. The van der Waals surface area contributed by atoms with Gasteiger partial charge in [0.15, 0.2) is 0 Å². The first kappa shape index (κ1) is 14.1. The Morgan fingerprint density at radius 3 is 2.42 bits per heavy atom. The van der Waals surface area contributed by atoms with Crippen LogP contribution in [0.1, 0.15) is 38.2 Å². The van der Waals surface area contributed by atoms with E-state index in [1.807, 2.05) is 18.7 Å². The molecule has 0 bridgehead atoms. The van der Waals surface area contributed by atoms with E-state index in [2.05, 4.69) is 35.6 Å². The number of carbonyl (C=O) groups is 1. The minimum absolute atomic E-state index is 0.216. The molecule has 0 heterocycles. The van der Waals surface area contributed by atoms with E-state index >= 15 is 0 Å². The largest absolute Gasteiger partial charge is 0.342 e. The molecule has 2 rings (SSSR count). The maximum Gasteiger partial charge on any atom is 0.236 e. The van der Waals surface area contributed by atoms with Gasteiger partial charge in [0.1, 0.15) is 0 Å². The summed E-state index contributed by atoms with van der Waals surface area (Å²) in [5, 5.41) is 3.38. The van der Waals surface area contributed by atoms with Crippen molar-refractivity contribution >= 4 is 5.91 Å². The van der Waals surface area contributed by atoms with E-state index in [1.165, 1.54) is 5.56 Å². The van der Waals surface area contributed by atoms with Gasteiger partial charge in [0.05, 0.1) is 6.54 Å². The predicted octanol–water partition coefficient (Wildman–Crippen LogP) is 2.39. The number of hydrogen-bond acceptors (Lipinski definition) is 2. The van der Waals surface area contributed by atoms with Crippen LogP contribution in [0.2, 0.25) is 0 Å². The normalized spacial score (nSPS) is 21.8. The van der Waals surface area contributed by atoms with Gasteiger partial charge >= 0.3 is 0 Å². The third-order valence-electron chi connectivity index (χ3n) is 4.07. The van der Waals surface area contributed by atoms with E-state index in [9.17, 15) is 4.79 Å². The van der Waals surface area contributed by atoms with Gasteiger partial charge in [0, 0.05) is 19.1 Å². The highest BCUT2D eigenvalue weighted by molar-refractivity contribution is 5.78. The fraction of sp³-hybridized carbons (Fsp3) is 0.562. The summed E-state index contributed by atoms with van der Waals surface area (Å²) in [5.41, 5.74) is 1.43. The highest BCUT2D eigenvalue weighted by atomic mass is 16.2. The first-order valence-corrected chi connectivity index (χ1v) is 7.30. The van der Waals surface area contributed by atoms with Gasteiger partial charge in [0.2, 0.25) is 5.91 Å². The Morgan fingerprint density at radius 1 is 1.21 bits per heavy atom. The molecular formula is C16H24N2O. The van der Waals surface area contributed by atoms with E-state index < -0.39 is 0 Å². The van der Waals surface area contributed by atoms with Gasteiger partial charge in [0.25, 0.3) is 0 Å². The zero-order valence-electron chi connectivity index (χ0n) is 11.9. The third kappa shape index (κ3) is 3.57. The van der Waals surface area contributed by atoms with Crippen molar-refractivity contribution in [3.05, 3.63) is 35.9 Å². The van der Waals surface area contributed by atoms with E-state index in [-0.39, 0.29) is 5.91 Å². The topological polar surface area (TPSA) is 32.3 Å². The maximum absolute atomic E-state index is 11.9. The van der Waals surface area contributed by atoms with Gasteiger partial charge in [-0.05, 0) is 38.2 Å². The number of likely N-dealkylation sites (N-methyl/N-ethyl adjacent to an activating group) is 1. The quantitative estimate of drug-likeness (QED) is 0.852. The molecule has 1 aromatic carbocycles. The second-order valence-electron chi connectivity index (χ2n) is 5.22. The molecule has 104 valence electrons. The monoisotopic (exact) mass is 260 g/mol. The summed E-state index contributed by atoms with van der Waals surface area (Å²) in [4.78, 5) is 13.7. The predicted molar refractivity (Wildman–Crippen MR) is 78.1 cm³/mol. The van der Waals surface area contributed by atoms with Crippen LogP contribution in [-0.2, 0) is 4.79 Å². The fourth-order valence-electron chi connectivity index (χ4n) is 2.70. The Balaban J connectivity index is 1.70. The third-order valence-corrected chi connectivity index (χ3v) is 4.07.